The van der Waals surface area contributed by atoms with Gasteiger partial charge in [-0.1, -0.05) is 17.7 Å². The van der Waals surface area contributed by atoms with Crippen LogP contribution in [0.15, 0.2) is 18.2 Å². The van der Waals surface area contributed by atoms with Gasteiger partial charge in [0.1, 0.15) is 0 Å². The fraction of sp³-hybridized carbons (Fsp3) is 0.429. The highest BCUT2D eigenvalue weighted by Gasteiger charge is 2.13. The van der Waals surface area contributed by atoms with Crippen LogP contribution >= 0.6 is 11.6 Å². The highest BCUT2D eigenvalue weighted by atomic mass is 35.5. The Bertz CT molecular complexity index is 495. The molecule has 0 spiro atoms. The van der Waals surface area contributed by atoms with Gasteiger partial charge < -0.3 is 5.11 Å². The summed E-state index contributed by atoms with van der Waals surface area (Å²) in [5, 5.41) is 18.1. The number of benzene rings is 1. The summed E-state index contributed by atoms with van der Waals surface area (Å²) in [6.45, 7) is 5.08. The fourth-order valence-corrected chi connectivity index (χ4v) is 1.96. The Morgan fingerprint density at radius 1 is 1.53 bits per heavy atom. The number of carboxylic acids is 1. The third-order valence-corrected chi connectivity index (χ3v) is 3.25. The van der Waals surface area contributed by atoms with Crippen molar-refractivity contribution in [2.24, 2.45) is 0 Å². The molecule has 0 heterocycles. The minimum atomic E-state index is -0.809. The minimum Gasteiger partial charge on any atom is -0.481 e. The van der Waals surface area contributed by atoms with Crippen molar-refractivity contribution < 1.29 is 9.90 Å². The molecule has 1 aromatic carbocycles. The number of hydrogen-bond donors (Lipinski definition) is 1. The molecular formula is C14H17ClN2O2. The molecule has 0 aliphatic carbocycles. The third-order valence-electron chi connectivity index (χ3n) is 2.90. The smallest absolute Gasteiger partial charge is 0.304 e. The molecule has 0 saturated carbocycles. The number of halogens is 1. The number of nitriles is 1. The molecule has 5 heteroatoms. The molecule has 1 N–H and O–H groups in total. The van der Waals surface area contributed by atoms with Gasteiger partial charge in [-0.25, -0.2) is 0 Å². The van der Waals surface area contributed by atoms with Crippen molar-refractivity contribution >= 4 is 17.6 Å². The zero-order valence-electron chi connectivity index (χ0n) is 11.1. The molecule has 0 fully saturated rings. The van der Waals surface area contributed by atoms with Crippen molar-refractivity contribution in [2.75, 3.05) is 6.54 Å². The molecule has 0 amide bonds. The number of carboxylic acid groups (broad SMARTS) is 1. The van der Waals surface area contributed by atoms with Gasteiger partial charge in [0, 0.05) is 24.2 Å². The van der Waals surface area contributed by atoms with E-state index in [2.05, 4.69) is 0 Å². The van der Waals surface area contributed by atoms with Crippen LogP contribution in [-0.2, 0) is 11.3 Å². The molecule has 4 nitrogen and oxygen atoms in total. The van der Waals surface area contributed by atoms with Gasteiger partial charge in [0.25, 0.3) is 0 Å². The van der Waals surface area contributed by atoms with E-state index in [1.165, 1.54) is 0 Å². The van der Waals surface area contributed by atoms with Crippen LogP contribution in [0.2, 0.25) is 5.02 Å². The van der Waals surface area contributed by atoms with E-state index in [0.29, 0.717) is 23.7 Å². The van der Waals surface area contributed by atoms with E-state index in [0.717, 1.165) is 5.56 Å². The summed E-state index contributed by atoms with van der Waals surface area (Å²) in [6.07, 6.45) is 0.103. The zero-order chi connectivity index (χ0) is 14.4. The topological polar surface area (TPSA) is 64.3 Å². The van der Waals surface area contributed by atoms with E-state index in [-0.39, 0.29) is 12.5 Å². The van der Waals surface area contributed by atoms with E-state index < -0.39 is 5.97 Å². The minimum absolute atomic E-state index is 0.103. The largest absolute Gasteiger partial charge is 0.481 e. The van der Waals surface area contributed by atoms with Gasteiger partial charge in [0.2, 0.25) is 0 Å². The second-order valence-corrected chi connectivity index (χ2v) is 5.03. The maximum atomic E-state index is 10.6. The molecule has 0 atom stereocenters. The molecule has 0 saturated heterocycles. The van der Waals surface area contributed by atoms with Gasteiger partial charge >= 0.3 is 5.97 Å². The summed E-state index contributed by atoms with van der Waals surface area (Å²) in [7, 11) is 0. The molecule has 19 heavy (non-hydrogen) atoms. The lowest BCUT2D eigenvalue weighted by molar-refractivity contribution is -0.137. The average molecular weight is 281 g/mol. The van der Waals surface area contributed by atoms with Crippen LogP contribution in [0.4, 0.5) is 0 Å². The predicted molar refractivity (Wildman–Crippen MR) is 74.0 cm³/mol. The number of rotatable bonds is 6. The summed E-state index contributed by atoms with van der Waals surface area (Å²) in [5.74, 6) is -0.809. The summed E-state index contributed by atoms with van der Waals surface area (Å²) in [6, 6.07) is 7.43. The van der Waals surface area contributed by atoms with Gasteiger partial charge in [0.15, 0.2) is 0 Å². The first-order valence-electron chi connectivity index (χ1n) is 6.08. The Kier molecular flexibility index (Phi) is 5.81. The molecule has 0 unspecified atom stereocenters. The molecule has 0 aromatic heterocycles. The fourth-order valence-electron chi connectivity index (χ4n) is 1.72. The van der Waals surface area contributed by atoms with Crippen LogP contribution in [0.5, 0.6) is 0 Å². The first-order valence-corrected chi connectivity index (χ1v) is 6.46. The molecule has 1 aromatic rings. The Morgan fingerprint density at radius 2 is 2.21 bits per heavy atom. The van der Waals surface area contributed by atoms with Crippen molar-refractivity contribution in [1.29, 1.82) is 5.26 Å². The van der Waals surface area contributed by atoms with Crippen LogP contribution < -0.4 is 0 Å². The van der Waals surface area contributed by atoms with Gasteiger partial charge in [-0.15, -0.1) is 0 Å². The highest BCUT2D eigenvalue weighted by Crippen LogP contribution is 2.20. The van der Waals surface area contributed by atoms with Gasteiger partial charge in [-0.2, -0.15) is 5.26 Å². The lowest BCUT2D eigenvalue weighted by Gasteiger charge is -2.26. The molecule has 0 aliphatic rings. The molecule has 1 rings (SSSR count). The molecule has 102 valence electrons. The van der Waals surface area contributed by atoms with E-state index in [4.69, 9.17) is 22.0 Å². The van der Waals surface area contributed by atoms with Crippen LogP contribution in [0.1, 0.15) is 31.4 Å². The second-order valence-electron chi connectivity index (χ2n) is 4.63. The Hall–Kier alpha value is -1.57. The average Bonchev–Trinajstić information content (AvgIpc) is 2.35. The van der Waals surface area contributed by atoms with Crippen LogP contribution in [0, 0.1) is 11.3 Å². The Morgan fingerprint density at radius 3 is 2.68 bits per heavy atom. The lowest BCUT2D eigenvalue weighted by atomic mass is 10.1. The van der Waals surface area contributed by atoms with Crippen LogP contribution in [0.3, 0.4) is 0 Å². The van der Waals surface area contributed by atoms with Gasteiger partial charge in [-0.3, -0.25) is 9.69 Å². The number of carbonyl (C=O) groups is 1. The Balaban J connectivity index is 2.79. The maximum Gasteiger partial charge on any atom is 0.304 e. The second kappa shape index (κ2) is 7.13. The first kappa shape index (κ1) is 15.5. The number of hydrogen-bond acceptors (Lipinski definition) is 3. The highest BCUT2D eigenvalue weighted by molar-refractivity contribution is 6.31. The summed E-state index contributed by atoms with van der Waals surface area (Å²) >= 11 is 6.13. The standard InChI is InChI=1S/C14H17ClN2O2/c1-10(2)17(6-5-14(18)19)9-12-4-3-11(8-16)7-13(12)15/h3-4,7,10H,5-6,9H2,1-2H3,(H,18,19). The van der Waals surface area contributed by atoms with Crippen molar-refractivity contribution in [2.45, 2.75) is 32.9 Å². The van der Waals surface area contributed by atoms with E-state index >= 15 is 0 Å². The number of nitrogens with zero attached hydrogens (tertiary/aromatic N) is 2. The Labute approximate surface area is 118 Å². The predicted octanol–water partition coefficient (Wildman–Crippen LogP) is 2.90. The molecule has 0 bridgehead atoms. The van der Waals surface area contributed by atoms with E-state index in [9.17, 15) is 4.79 Å². The van der Waals surface area contributed by atoms with E-state index in [1.54, 1.807) is 12.1 Å². The van der Waals surface area contributed by atoms with Crippen molar-refractivity contribution in [3.8, 4) is 6.07 Å². The summed E-state index contributed by atoms with van der Waals surface area (Å²) < 4.78 is 0. The monoisotopic (exact) mass is 280 g/mol. The summed E-state index contributed by atoms with van der Waals surface area (Å²) in [4.78, 5) is 12.7. The van der Waals surface area contributed by atoms with Gasteiger partial charge in [-0.05, 0) is 31.5 Å². The normalized spacial score (nSPS) is 10.7. The molecular weight excluding hydrogens is 264 g/mol. The zero-order valence-corrected chi connectivity index (χ0v) is 11.8. The lowest BCUT2D eigenvalue weighted by Crippen LogP contribution is -2.32. The van der Waals surface area contributed by atoms with Crippen LogP contribution in [-0.4, -0.2) is 28.6 Å². The molecule has 0 radical (unpaired) electrons. The quantitative estimate of drug-likeness (QED) is 0.870. The maximum absolute atomic E-state index is 10.6. The van der Waals surface area contributed by atoms with Crippen LogP contribution in [0.25, 0.3) is 0 Å². The van der Waals surface area contributed by atoms with Crippen molar-refractivity contribution in [1.82, 2.24) is 4.90 Å². The van der Waals surface area contributed by atoms with Crippen molar-refractivity contribution in [3.05, 3.63) is 34.3 Å². The van der Waals surface area contributed by atoms with Crippen molar-refractivity contribution in [3.63, 3.8) is 0 Å². The van der Waals surface area contributed by atoms with E-state index in [1.807, 2.05) is 30.9 Å². The summed E-state index contributed by atoms with van der Waals surface area (Å²) in [5.41, 5.74) is 1.43. The van der Waals surface area contributed by atoms with Gasteiger partial charge in [0.05, 0.1) is 18.1 Å². The molecule has 0 aliphatic heterocycles. The first-order chi connectivity index (χ1) is 8.93. The number of aliphatic carboxylic acids is 1. The SMILES string of the molecule is CC(C)N(CCC(=O)O)Cc1ccc(C#N)cc1Cl. The third kappa shape index (κ3) is 4.90.